The number of nitrogens with one attached hydrogen (secondary N) is 2. The molecule has 1 aliphatic carbocycles. The lowest BCUT2D eigenvalue weighted by atomic mass is 9.82. The first-order valence-electron chi connectivity index (χ1n) is 21.1. The third-order valence-electron chi connectivity index (χ3n) is 11.7. The van der Waals surface area contributed by atoms with Crippen LogP contribution in [0.1, 0.15) is 106 Å². The number of ether oxygens (including phenoxy) is 2. The molecule has 60 heavy (non-hydrogen) atoms. The molecule has 11 nitrogen and oxygen atoms in total. The number of carbonyl (C=O) groups excluding carboxylic acids is 2. The molecule has 3 atom stereocenters. The summed E-state index contributed by atoms with van der Waals surface area (Å²) in [6, 6.07) is 18.2. The van der Waals surface area contributed by atoms with Crippen LogP contribution >= 0.6 is 21.6 Å². The van der Waals surface area contributed by atoms with E-state index < -0.39 is 24.0 Å². The minimum absolute atomic E-state index is 0.0176. The van der Waals surface area contributed by atoms with Crippen molar-refractivity contribution in [2.75, 3.05) is 31.3 Å². The predicted octanol–water partition coefficient (Wildman–Crippen LogP) is 8.50. The second-order valence-corrected chi connectivity index (χ2v) is 18.8. The average Bonchev–Trinajstić information content (AvgIpc) is 3.23. The summed E-state index contributed by atoms with van der Waals surface area (Å²) in [6.45, 7) is 1.91. The van der Waals surface area contributed by atoms with Gasteiger partial charge in [0.1, 0.15) is 23.5 Å². The van der Waals surface area contributed by atoms with Gasteiger partial charge in [0.15, 0.2) is 11.5 Å². The molecule has 1 heterocycles. The van der Waals surface area contributed by atoms with Crippen molar-refractivity contribution in [2.24, 2.45) is 0 Å². The van der Waals surface area contributed by atoms with Crippen molar-refractivity contribution in [3.05, 3.63) is 82.9 Å². The second kappa shape index (κ2) is 21.8. The number of hydrogen-bond donors (Lipinski definition) is 7. The van der Waals surface area contributed by atoms with Gasteiger partial charge < -0.3 is 40.3 Å². The van der Waals surface area contributed by atoms with E-state index in [1.807, 2.05) is 42.5 Å². The fourth-order valence-corrected chi connectivity index (χ4v) is 10.8. The van der Waals surface area contributed by atoms with Crippen molar-refractivity contribution in [3.8, 4) is 28.4 Å². The molecule has 1 fully saturated rings. The molecule has 1 saturated carbocycles. The number of phenols is 2. The van der Waals surface area contributed by atoms with E-state index in [0.717, 1.165) is 71.6 Å². The Morgan fingerprint density at radius 2 is 1.78 bits per heavy atom. The van der Waals surface area contributed by atoms with Gasteiger partial charge in [-0.1, -0.05) is 71.2 Å². The van der Waals surface area contributed by atoms with Crippen LogP contribution in [0.15, 0.2) is 60.7 Å². The predicted molar refractivity (Wildman–Crippen MR) is 241 cm³/mol. The van der Waals surface area contributed by atoms with E-state index in [2.05, 4.69) is 10.6 Å². The molecule has 0 bridgehead atoms. The highest BCUT2D eigenvalue weighted by atomic mass is 33.1. The Balaban J connectivity index is 1.28. The quantitative estimate of drug-likeness (QED) is 0.0387. The summed E-state index contributed by atoms with van der Waals surface area (Å²) >= 11 is 0. The van der Waals surface area contributed by atoms with Crippen molar-refractivity contribution >= 4 is 49.6 Å². The summed E-state index contributed by atoms with van der Waals surface area (Å²) in [5.74, 6) is 1.36. The highest BCUT2D eigenvalue weighted by Crippen LogP contribution is 2.46. The number of fused-ring (bicyclic) bond motifs is 5. The molecule has 0 radical (unpaired) electrons. The molecule has 1 aliphatic heterocycles. The number of carbonyl (C=O) groups is 2. The number of rotatable bonds is 13. The van der Waals surface area contributed by atoms with Crippen LogP contribution < -0.4 is 15.4 Å². The molecule has 0 aromatic heterocycles. The maximum atomic E-state index is 14.0. The molecular formula is C47H60N2O9S2. The zero-order chi connectivity index (χ0) is 42.6. The van der Waals surface area contributed by atoms with Gasteiger partial charge in [-0.2, -0.15) is 0 Å². The number of aryl methyl sites for hydroxylation is 1. The van der Waals surface area contributed by atoms with Crippen LogP contribution in [0.4, 0.5) is 5.69 Å². The first-order chi connectivity index (χ1) is 29.0. The SMILES string of the molecule is COc1c(O)ccc2c1-c1ccc3ccc(O)cc3c1CSSCC(O)CCC(OC(NCCCC1(O)CCCCC1)c1ccc(NCC(C)=O)c(CO)c1)CC(=O)CC2. The van der Waals surface area contributed by atoms with Crippen molar-refractivity contribution in [1.82, 2.24) is 5.32 Å². The number of phenolic OH excluding ortho intramolecular Hbond substituents is 2. The first kappa shape index (κ1) is 45.7. The normalized spacial score (nSPS) is 19.6. The van der Waals surface area contributed by atoms with Crippen LogP contribution in [0.5, 0.6) is 17.2 Å². The van der Waals surface area contributed by atoms with Crippen LogP contribution in [0.3, 0.4) is 0 Å². The van der Waals surface area contributed by atoms with E-state index in [0.29, 0.717) is 66.3 Å². The van der Waals surface area contributed by atoms with Crippen LogP contribution in [0.2, 0.25) is 0 Å². The summed E-state index contributed by atoms with van der Waals surface area (Å²) in [7, 11) is 4.67. The van der Waals surface area contributed by atoms with Gasteiger partial charge in [0.25, 0.3) is 0 Å². The standard InChI is InChI=1S/C47H60N2O9S2/c1-30(51)26-49-42-17-10-33(23-34(42)27-50)46(48-22-6-21-47(56)19-4-3-5-20-47)58-38-15-14-37(54)28-59-60-29-41-39(16-9-31-7-12-36(53)25-40(31)41)44-32(8-13-35(52)24-38)11-18-43(55)45(44)57-2/h7,9-12,16-18,23,25,37-38,46,48-50,53-56H,3-6,8,13-15,19-22,24,26-29H2,1-2H3. The second-order valence-electron chi connectivity index (χ2n) is 16.3. The number of aliphatic hydroxyl groups excluding tert-OH is 2. The van der Waals surface area contributed by atoms with Crippen LogP contribution in [-0.2, 0) is 33.1 Å². The summed E-state index contributed by atoms with van der Waals surface area (Å²) in [5, 5.41) is 62.7. The highest BCUT2D eigenvalue weighted by molar-refractivity contribution is 8.76. The Kier molecular flexibility index (Phi) is 16.6. The molecular weight excluding hydrogens is 801 g/mol. The number of hydrogen-bond acceptors (Lipinski definition) is 13. The molecule has 4 aromatic rings. The van der Waals surface area contributed by atoms with E-state index in [4.69, 9.17) is 9.47 Å². The molecule has 6 rings (SSSR count). The van der Waals surface area contributed by atoms with Gasteiger partial charge in [0.2, 0.25) is 0 Å². The van der Waals surface area contributed by atoms with Gasteiger partial charge in [-0.15, -0.1) is 0 Å². The third-order valence-corrected chi connectivity index (χ3v) is 14.1. The van der Waals surface area contributed by atoms with Gasteiger partial charge in [-0.05, 0) is 122 Å². The van der Waals surface area contributed by atoms with Crippen molar-refractivity contribution in [3.63, 3.8) is 0 Å². The zero-order valence-corrected chi connectivity index (χ0v) is 36.3. The van der Waals surface area contributed by atoms with E-state index in [-0.39, 0.29) is 49.1 Å². The number of ketones is 2. The topological polar surface area (TPSA) is 178 Å². The van der Waals surface area contributed by atoms with Crippen molar-refractivity contribution < 1.29 is 44.6 Å². The van der Waals surface area contributed by atoms with Crippen LogP contribution in [0, 0.1) is 0 Å². The number of aliphatic hydroxyl groups is 3. The lowest BCUT2D eigenvalue weighted by molar-refractivity contribution is -0.124. The lowest BCUT2D eigenvalue weighted by Gasteiger charge is -2.32. The van der Waals surface area contributed by atoms with Gasteiger partial charge in [-0.3, -0.25) is 14.9 Å². The third kappa shape index (κ3) is 12.2. The Hall–Kier alpha value is -3.82. The fraction of sp³-hybridized carbons (Fsp3) is 0.489. The fourth-order valence-electron chi connectivity index (χ4n) is 8.47. The maximum absolute atomic E-state index is 14.0. The molecule has 0 saturated heterocycles. The van der Waals surface area contributed by atoms with E-state index in [1.54, 1.807) is 39.8 Å². The molecule has 2 aliphatic rings. The van der Waals surface area contributed by atoms with Gasteiger partial charge >= 0.3 is 0 Å². The van der Waals surface area contributed by atoms with E-state index in [9.17, 15) is 35.1 Å². The largest absolute Gasteiger partial charge is 0.508 e. The molecule has 7 N–H and O–H groups in total. The maximum Gasteiger partial charge on any atom is 0.168 e. The van der Waals surface area contributed by atoms with Crippen LogP contribution in [-0.4, -0.2) is 80.9 Å². The Morgan fingerprint density at radius 1 is 0.983 bits per heavy atom. The number of methoxy groups -OCH3 is 1. The Labute approximate surface area is 361 Å². The number of Topliss-reactive ketones (excluding diaryl/α,β-unsaturated/α-hetero) is 2. The minimum Gasteiger partial charge on any atom is -0.508 e. The van der Waals surface area contributed by atoms with Crippen molar-refractivity contribution in [1.29, 1.82) is 0 Å². The van der Waals surface area contributed by atoms with Gasteiger partial charge in [0.05, 0.1) is 38.1 Å². The summed E-state index contributed by atoms with van der Waals surface area (Å²) in [6.07, 6.45) is 5.81. The number of anilines is 1. The molecule has 4 aromatic carbocycles. The molecule has 3 unspecified atom stereocenters. The molecule has 324 valence electrons. The summed E-state index contributed by atoms with van der Waals surface area (Å²) in [4.78, 5) is 25.8. The number of aromatic hydroxyl groups is 2. The Morgan fingerprint density at radius 3 is 2.55 bits per heavy atom. The Bertz CT molecular complexity index is 2090. The average molecular weight is 861 g/mol. The van der Waals surface area contributed by atoms with Gasteiger partial charge in [0, 0.05) is 41.2 Å². The number of benzene rings is 4. The first-order valence-corrected chi connectivity index (χ1v) is 23.6. The molecule has 13 heteroatoms. The smallest absolute Gasteiger partial charge is 0.168 e. The van der Waals surface area contributed by atoms with E-state index >= 15 is 0 Å². The summed E-state index contributed by atoms with van der Waals surface area (Å²) in [5.41, 5.74) is 4.65. The minimum atomic E-state index is -0.666. The van der Waals surface area contributed by atoms with Crippen molar-refractivity contribution in [2.45, 2.75) is 120 Å². The molecule has 0 amide bonds. The molecule has 0 spiro atoms. The highest BCUT2D eigenvalue weighted by Gasteiger charge is 2.29. The van der Waals surface area contributed by atoms with Gasteiger partial charge in [-0.25, -0.2) is 0 Å². The monoisotopic (exact) mass is 860 g/mol. The lowest BCUT2D eigenvalue weighted by Crippen LogP contribution is -2.34. The zero-order valence-electron chi connectivity index (χ0n) is 34.7. The van der Waals surface area contributed by atoms with Crippen LogP contribution in [0.25, 0.3) is 21.9 Å². The van der Waals surface area contributed by atoms with E-state index in [1.165, 1.54) is 14.0 Å². The summed E-state index contributed by atoms with van der Waals surface area (Å²) < 4.78 is 12.6.